The standard InChI is InChI=1S/C20H24FNO2/c1-5-15-10-11-19(14(3)12-15)24-13-16-17(21)8-7-9-18(16)22(4)20(23)6-2/h7-12H,5-6,13H2,1-4H3. The number of hydrogen-bond donors (Lipinski definition) is 0. The van der Waals surface area contributed by atoms with Crippen LogP contribution < -0.4 is 9.64 Å². The number of anilines is 1. The summed E-state index contributed by atoms with van der Waals surface area (Å²) in [4.78, 5) is 13.4. The van der Waals surface area contributed by atoms with Crippen LogP contribution in [0.3, 0.4) is 0 Å². The number of nitrogens with zero attached hydrogens (tertiary/aromatic N) is 1. The SMILES string of the molecule is CCC(=O)N(C)c1cccc(F)c1COc1ccc(CC)cc1C. The van der Waals surface area contributed by atoms with Crippen LogP contribution in [-0.4, -0.2) is 13.0 Å². The Balaban J connectivity index is 2.25. The van der Waals surface area contributed by atoms with E-state index in [1.165, 1.54) is 16.5 Å². The summed E-state index contributed by atoms with van der Waals surface area (Å²) in [6.45, 7) is 5.94. The van der Waals surface area contributed by atoms with E-state index in [2.05, 4.69) is 13.0 Å². The molecule has 2 rings (SSSR count). The average Bonchev–Trinajstić information content (AvgIpc) is 2.59. The molecule has 128 valence electrons. The number of benzene rings is 2. The summed E-state index contributed by atoms with van der Waals surface area (Å²) in [6, 6.07) is 10.7. The molecule has 0 atom stereocenters. The highest BCUT2D eigenvalue weighted by Gasteiger charge is 2.17. The highest BCUT2D eigenvalue weighted by molar-refractivity contribution is 5.93. The van der Waals surface area contributed by atoms with Crippen molar-refractivity contribution in [3.05, 3.63) is 58.9 Å². The summed E-state index contributed by atoms with van der Waals surface area (Å²) in [5, 5.41) is 0. The Morgan fingerprint density at radius 3 is 2.58 bits per heavy atom. The predicted molar refractivity (Wildman–Crippen MR) is 95.0 cm³/mol. The second kappa shape index (κ2) is 7.95. The maximum Gasteiger partial charge on any atom is 0.226 e. The van der Waals surface area contributed by atoms with Gasteiger partial charge in [0.1, 0.15) is 18.2 Å². The number of aryl methyl sites for hydroxylation is 2. The van der Waals surface area contributed by atoms with Crippen molar-refractivity contribution in [1.82, 2.24) is 0 Å². The number of carbonyl (C=O) groups is 1. The molecule has 24 heavy (non-hydrogen) atoms. The lowest BCUT2D eigenvalue weighted by molar-refractivity contribution is -0.118. The summed E-state index contributed by atoms with van der Waals surface area (Å²) in [5.74, 6) is 0.294. The van der Waals surface area contributed by atoms with Gasteiger partial charge >= 0.3 is 0 Å². The zero-order valence-corrected chi connectivity index (χ0v) is 14.7. The van der Waals surface area contributed by atoms with E-state index in [1.54, 1.807) is 26.1 Å². The first kappa shape index (κ1) is 18.0. The lowest BCUT2D eigenvalue weighted by atomic mass is 10.1. The van der Waals surface area contributed by atoms with Crippen molar-refractivity contribution in [2.45, 2.75) is 40.2 Å². The third-order valence-corrected chi connectivity index (χ3v) is 4.15. The topological polar surface area (TPSA) is 29.5 Å². The molecule has 0 heterocycles. The first-order chi connectivity index (χ1) is 11.5. The maximum atomic E-state index is 14.3. The van der Waals surface area contributed by atoms with E-state index in [-0.39, 0.29) is 18.3 Å². The third kappa shape index (κ3) is 3.94. The molecule has 0 bridgehead atoms. The van der Waals surface area contributed by atoms with Gasteiger partial charge in [0.25, 0.3) is 0 Å². The molecule has 0 aliphatic heterocycles. The second-order valence-corrected chi connectivity index (χ2v) is 5.79. The number of rotatable bonds is 6. The van der Waals surface area contributed by atoms with Crippen molar-refractivity contribution < 1.29 is 13.9 Å². The Labute approximate surface area is 143 Å². The fourth-order valence-corrected chi connectivity index (χ4v) is 2.62. The molecule has 2 aromatic carbocycles. The van der Waals surface area contributed by atoms with Crippen LogP contribution in [0.15, 0.2) is 36.4 Å². The monoisotopic (exact) mass is 329 g/mol. The van der Waals surface area contributed by atoms with Gasteiger partial charge in [-0.25, -0.2) is 4.39 Å². The van der Waals surface area contributed by atoms with Gasteiger partial charge in [-0.15, -0.1) is 0 Å². The molecule has 0 aliphatic rings. The van der Waals surface area contributed by atoms with Crippen molar-refractivity contribution in [2.75, 3.05) is 11.9 Å². The molecule has 0 aliphatic carbocycles. The normalized spacial score (nSPS) is 10.5. The van der Waals surface area contributed by atoms with Gasteiger partial charge in [-0.2, -0.15) is 0 Å². The Bertz CT molecular complexity index is 728. The number of halogens is 1. The van der Waals surface area contributed by atoms with E-state index in [9.17, 15) is 9.18 Å². The molecule has 0 fully saturated rings. The lowest BCUT2D eigenvalue weighted by Crippen LogP contribution is -2.26. The Hall–Kier alpha value is -2.36. The van der Waals surface area contributed by atoms with Crippen LogP contribution in [0.1, 0.15) is 37.0 Å². The van der Waals surface area contributed by atoms with Crippen LogP contribution in [0, 0.1) is 12.7 Å². The van der Waals surface area contributed by atoms with E-state index < -0.39 is 0 Å². The number of ether oxygens (including phenoxy) is 1. The van der Waals surface area contributed by atoms with Crippen LogP contribution >= 0.6 is 0 Å². The number of amides is 1. The first-order valence-corrected chi connectivity index (χ1v) is 8.24. The lowest BCUT2D eigenvalue weighted by Gasteiger charge is -2.21. The van der Waals surface area contributed by atoms with Crippen molar-refractivity contribution in [3.8, 4) is 5.75 Å². The van der Waals surface area contributed by atoms with Gasteiger partial charge in [0.15, 0.2) is 0 Å². The summed E-state index contributed by atoms with van der Waals surface area (Å²) in [6.07, 6.45) is 1.33. The van der Waals surface area contributed by atoms with Crippen molar-refractivity contribution in [3.63, 3.8) is 0 Å². The largest absolute Gasteiger partial charge is 0.488 e. The van der Waals surface area contributed by atoms with Crippen LogP contribution in [0.4, 0.5) is 10.1 Å². The zero-order chi connectivity index (χ0) is 17.7. The smallest absolute Gasteiger partial charge is 0.226 e. The Morgan fingerprint density at radius 2 is 1.96 bits per heavy atom. The quantitative estimate of drug-likeness (QED) is 0.772. The minimum absolute atomic E-state index is 0.0645. The van der Waals surface area contributed by atoms with E-state index in [4.69, 9.17) is 4.74 Å². The van der Waals surface area contributed by atoms with Crippen LogP contribution in [0.5, 0.6) is 5.75 Å². The fourth-order valence-electron chi connectivity index (χ4n) is 2.62. The van der Waals surface area contributed by atoms with Crippen molar-refractivity contribution in [2.24, 2.45) is 0 Å². The molecule has 4 heteroatoms. The highest BCUT2D eigenvalue weighted by Crippen LogP contribution is 2.26. The molecule has 3 nitrogen and oxygen atoms in total. The molecule has 0 spiro atoms. The van der Waals surface area contributed by atoms with E-state index >= 15 is 0 Å². The molecular formula is C20H24FNO2. The van der Waals surface area contributed by atoms with Gasteiger partial charge < -0.3 is 9.64 Å². The van der Waals surface area contributed by atoms with Gasteiger partial charge in [0.2, 0.25) is 5.91 Å². The molecule has 0 saturated carbocycles. The summed E-state index contributed by atoms with van der Waals surface area (Å²) in [7, 11) is 1.66. The first-order valence-electron chi connectivity index (χ1n) is 8.24. The molecule has 0 N–H and O–H groups in total. The molecule has 0 aromatic heterocycles. The molecule has 0 unspecified atom stereocenters. The predicted octanol–water partition coefficient (Wildman–Crippen LogP) is 4.65. The number of hydrogen-bond acceptors (Lipinski definition) is 2. The fraction of sp³-hybridized carbons (Fsp3) is 0.350. The highest BCUT2D eigenvalue weighted by atomic mass is 19.1. The molecule has 1 amide bonds. The molecule has 2 aromatic rings. The summed E-state index contributed by atoms with van der Waals surface area (Å²) >= 11 is 0. The van der Waals surface area contributed by atoms with Crippen LogP contribution in [-0.2, 0) is 17.8 Å². The maximum absolute atomic E-state index is 14.3. The minimum Gasteiger partial charge on any atom is -0.488 e. The molecule has 0 saturated heterocycles. The Morgan fingerprint density at radius 1 is 1.21 bits per heavy atom. The van der Waals surface area contributed by atoms with E-state index in [0.717, 1.165) is 17.7 Å². The summed E-state index contributed by atoms with van der Waals surface area (Å²) in [5.41, 5.74) is 3.19. The van der Waals surface area contributed by atoms with Crippen LogP contribution in [0.25, 0.3) is 0 Å². The summed E-state index contributed by atoms with van der Waals surface area (Å²) < 4.78 is 20.1. The van der Waals surface area contributed by atoms with Gasteiger partial charge in [0.05, 0.1) is 5.69 Å². The van der Waals surface area contributed by atoms with Crippen molar-refractivity contribution >= 4 is 11.6 Å². The van der Waals surface area contributed by atoms with Gasteiger partial charge in [-0.3, -0.25) is 4.79 Å². The van der Waals surface area contributed by atoms with Gasteiger partial charge in [0, 0.05) is 19.0 Å². The van der Waals surface area contributed by atoms with Gasteiger partial charge in [-0.05, 0) is 42.7 Å². The van der Waals surface area contributed by atoms with E-state index in [1.807, 2.05) is 19.1 Å². The molecule has 0 radical (unpaired) electrons. The minimum atomic E-state index is -0.369. The average molecular weight is 329 g/mol. The molecular weight excluding hydrogens is 305 g/mol. The number of carbonyl (C=O) groups excluding carboxylic acids is 1. The van der Waals surface area contributed by atoms with E-state index in [0.29, 0.717) is 17.7 Å². The third-order valence-electron chi connectivity index (χ3n) is 4.15. The second-order valence-electron chi connectivity index (χ2n) is 5.79. The zero-order valence-electron chi connectivity index (χ0n) is 14.7. The van der Waals surface area contributed by atoms with Crippen molar-refractivity contribution in [1.29, 1.82) is 0 Å². The van der Waals surface area contributed by atoms with Crippen LogP contribution in [0.2, 0.25) is 0 Å². The van der Waals surface area contributed by atoms with Gasteiger partial charge in [-0.1, -0.05) is 32.0 Å². The Kier molecular flexibility index (Phi) is 5.96.